The number of nitrogens with two attached hydrogens (primary N) is 1. The zero-order chi connectivity index (χ0) is 23.3. The number of hydrogen-bond acceptors (Lipinski definition) is 9. The summed E-state index contributed by atoms with van der Waals surface area (Å²) in [6, 6.07) is 6.62. The van der Waals surface area contributed by atoms with Crippen LogP contribution >= 0.6 is 11.6 Å². The van der Waals surface area contributed by atoms with Crippen LogP contribution in [0.1, 0.15) is 17.7 Å². The summed E-state index contributed by atoms with van der Waals surface area (Å²) < 4.78 is 17.1. The van der Waals surface area contributed by atoms with Crippen LogP contribution in [0.4, 0.5) is 0 Å². The van der Waals surface area contributed by atoms with Gasteiger partial charge >= 0.3 is 11.7 Å². The van der Waals surface area contributed by atoms with E-state index >= 15 is 0 Å². The van der Waals surface area contributed by atoms with E-state index < -0.39 is 30.4 Å². The highest BCUT2D eigenvalue weighted by Gasteiger charge is 2.37. The van der Waals surface area contributed by atoms with E-state index in [9.17, 15) is 14.7 Å². The normalized spacial score (nSPS) is 13.2. The average Bonchev–Trinajstić information content (AvgIpc) is 3.06. The van der Waals surface area contributed by atoms with Crippen LogP contribution in [0.25, 0.3) is 11.1 Å². The van der Waals surface area contributed by atoms with Crippen molar-refractivity contribution in [1.29, 1.82) is 0 Å². The van der Waals surface area contributed by atoms with Crippen molar-refractivity contribution >= 4 is 28.7 Å². The first kappa shape index (κ1) is 23.7. The number of aliphatic hydroxyl groups is 2. The number of fused-ring (bicyclic) bond motifs is 1. The van der Waals surface area contributed by atoms with E-state index in [-0.39, 0.29) is 42.4 Å². The number of carbonyl (C=O) groups is 1. The Bertz CT molecular complexity index is 1160. The second kappa shape index (κ2) is 10.1. The molecule has 2 aromatic heterocycles. The molecular formula is C21H24ClN3O7. The molecule has 3 rings (SSSR count). The minimum absolute atomic E-state index is 0.0706. The Morgan fingerprint density at radius 2 is 2.12 bits per heavy atom. The van der Waals surface area contributed by atoms with Gasteiger partial charge in [0.25, 0.3) is 0 Å². The summed E-state index contributed by atoms with van der Waals surface area (Å²) in [5, 5.41) is 18.7. The van der Waals surface area contributed by atoms with Crippen LogP contribution in [0.15, 0.2) is 39.7 Å². The molecule has 0 aliphatic heterocycles. The maximum atomic E-state index is 12.4. The van der Waals surface area contributed by atoms with Crippen molar-refractivity contribution in [3.05, 3.63) is 57.3 Å². The summed E-state index contributed by atoms with van der Waals surface area (Å²) in [5.74, 6) is -1.39. The third kappa shape index (κ3) is 5.28. The lowest BCUT2D eigenvalue weighted by Crippen LogP contribution is -2.56. The number of benzene rings is 1. The molecule has 0 aliphatic rings. The van der Waals surface area contributed by atoms with Crippen molar-refractivity contribution in [2.75, 3.05) is 19.8 Å². The number of aryl methyl sites for hydroxylation is 1. The van der Waals surface area contributed by atoms with Gasteiger partial charge < -0.3 is 29.8 Å². The van der Waals surface area contributed by atoms with Crippen molar-refractivity contribution in [1.82, 2.24) is 9.55 Å². The van der Waals surface area contributed by atoms with Crippen LogP contribution in [-0.2, 0) is 22.7 Å². The first-order chi connectivity index (χ1) is 15.3. The van der Waals surface area contributed by atoms with E-state index in [1.54, 1.807) is 6.20 Å². The maximum absolute atomic E-state index is 12.4. The SMILES string of the molecule is Cc1cc(COc2cc3oc(=O)n(CC(N)(CO)C(=O)OCCCO)c3cc2Cl)ccn1. The average molecular weight is 466 g/mol. The predicted molar refractivity (Wildman–Crippen MR) is 115 cm³/mol. The highest BCUT2D eigenvalue weighted by molar-refractivity contribution is 6.32. The molecule has 32 heavy (non-hydrogen) atoms. The van der Waals surface area contributed by atoms with Crippen LogP contribution in [-0.4, -0.2) is 51.1 Å². The number of oxazole rings is 1. The third-order valence-corrected chi connectivity index (χ3v) is 5.04. The van der Waals surface area contributed by atoms with Crippen LogP contribution in [0, 0.1) is 6.92 Å². The molecule has 0 bridgehead atoms. The number of aromatic nitrogens is 2. The van der Waals surface area contributed by atoms with E-state index in [1.807, 2.05) is 19.1 Å². The molecule has 172 valence electrons. The van der Waals surface area contributed by atoms with E-state index in [0.717, 1.165) is 15.8 Å². The molecule has 0 saturated carbocycles. The fourth-order valence-corrected chi connectivity index (χ4v) is 3.23. The fraction of sp³-hybridized carbons (Fsp3) is 0.381. The van der Waals surface area contributed by atoms with Crippen molar-refractivity contribution in [3.8, 4) is 5.75 Å². The monoisotopic (exact) mass is 465 g/mol. The van der Waals surface area contributed by atoms with Gasteiger partial charge in [-0.05, 0) is 30.7 Å². The van der Waals surface area contributed by atoms with Crippen LogP contribution in [0.5, 0.6) is 5.75 Å². The molecule has 10 nitrogen and oxygen atoms in total. The molecule has 0 amide bonds. The Balaban J connectivity index is 1.84. The Labute approximate surface area is 188 Å². The topological polar surface area (TPSA) is 150 Å². The van der Waals surface area contributed by atoms with E-state index in [4.69, 9.17) is 36.3 Å². The molecule has 0 fully saturated rings. The van der Waals surface area contributed by atoms with Crippen molar-refractivity contribution in [2.45, 2.75) is 32.0 Å². The summed E-state index contributed by atoms with van der Waals surface area (Å²) in [7, 11) is 0. The van der Waals surface area contributed by atoms with Crippen LogP contribution < -0.4 is 16.2 Å². The summed E-state index contributed by atoms with van der Waals surface area (Å²) in [4.78, 5) is 28.9. The van der Waals surface area contributed by atoms with Gasteiger partial charge in [-0.2, -0.15) is 0 Å². The first-order valence-electron chi connectivity index (χ1n) is 9.82. The zero-order valence-electron chi connectivity index (χ0n) is 17.4. The predicted octanol–water partition coefficient (Wildman–Crippen LogP) is 1.15. The molecule has 1 unspecified atom stereocenters. The number of aliphatic hydroxyl groups excluding tert-OH is 2. The van der Waals surface area contributed by atoms with E-state index in [0.29, 0.717) is 5.75 Å². The number of carbonyl (C=O) groups excluding carboxylic acids is 1. The number of rotatable bonds is 10. The quantitative estimate of drug-likeness (QED) is 0.296. The lowest BCUT2D eigenvalue weighted by molar-refractivity contribution is -0.152. The largest absolute Gasteiger partial charge is 0.487 e. The van der Waals surface area contributed by atoms with E-state index in [1.165, 1.54) is 12.1 Å². The van der Waals surface area contributed by atoms with Gasteiger partial charge in [0.05, 0.1) is 30.3 Å². The Kier molecular flexibility index (Phi) is 7.52. The van der Waals surface area contributed by atoms with Gasteiger partial charge in [0.1, 0.15) is 12.4 Å². The molecule has 0 spiro atoms. The molecule has 4 N–H and O–H groups in total. The third-order valence-electron chi connectivity index (χ3n) is 4.74. The maximum Gasteiger partial charge on any atom is 0.420 e. The number of halogens is 1. The lowest BCUT2D eigenvalue weighted by Gasteiger charge is -2.25. The van der Waals surface area contributed by atoms with Crippen molar-refractivity contribution in [3.63, 3.8) is 0 Å². The van der Waals surface area contributed by atoms with Gasteiger partial charge in [0.15, 0.2) is 11.1 Å². The Morgan fingerprint density at radius 1 is 1.34 bits per heavy atom. The second-order valence-electron chi connectivity index (χ2n) is 7.33. The fourth-order valence-electron chi connectivity index (χ4n) is 3.01. The summed E-state index contributed by atoms with van der Waals surface area (Å²) in [5.41, 5.74) is 6.31. The molecule has 11 heteroatoms. The van der Waals surface area contributed by atoms with Gasteiger partial charge in [-0.3, -0.25) is 9.55 Å². The van der Waals surface area contributed by atoms with Crippen LogP contribution in [0.2, 0.25) is 5.02 Å². The van der Waals surface area contributed by atoms with E-state index in [2.05, 4.69) is 4.98 Å². The summed E-state index contributed by atoms with van der Waals surface area (Å²) >= 11 is 6.34. The molecule has 0 saturated heterocycles. The van der Waals surface area contributed by atoms with Crippen LogP contribution in [0.3, 0.4) is 0 Å². The highest BCUT2D eigenvalue weighted by atomic mass is 35.5. The van der Waals surface area contributed by atoms with Crippen molar-refractivity contribution in [2.24, 2.45) is 5.73 Å². The van der Waals surface area contributed by atoms with Gasteiger partial charge in [0.2, 0.25) is 0 Å². The number of pyridine rings is 1. The number of esters is 1. The number of hydrogen-bond donors (Lipinski definition) is 3. The standard InChI is InChI=1S/C21H24ClN3O7/c1-13-7-14(3-4-24-13)10-31-17-9-18-16(8-15(17)22)25(20(29)32-18)11-21(23,12-27)19(28)30-6-2-5-26/h3-4,7-9,26-27H,2,5-6,10-12,23H2,1H3. The molecule has 0 aliphatic carbocycles. The highest BCUT2D eigenvalue weighted by Crippen LogP contribution is 2.31. The molecule has 2 heterocycles. The second-order valence-corrected chi connectivity index (χ2v) is 7.73. The minimum Gasteiger partial charge on any atom is -0.487 e. The Morgan fingerprint density at radius 3 is 2.81 bits per heavy atom. The summed E-state index contributed by atoms with van der Waals surface area (Å²) in [6.07, 6.45) is 1.90. The van der Waals surface area contributed by atoms with Gasteiger partial charge in [-0.1, -0.05) is 11.6 Å². The smallest absolute Gasteiger partial charge is 0.420 e. The molecule has 1 aromatic carbocycles. The number of ether oxygens (including phenoxy) is 2. The summed E-state index contributed by atoms with van der Waals surface area (Å²) in [6.45, 7) is 0.685. The zero-order valence-corrected chi connectivity index (χ0v) is 18.2. The molecular weight excluding hydrogens is 442 g/mol. The first-order valence-corrected chi connectivity index (χ1v) is 10.2. The minimum atomic E-state index is -1.89. The van der Waals surface area contributed by atoms with Gasteiger partial charge in [-0.15, -0.1) is 0 Å². The molecule has 0 radical (unpaired) electrons. The molecule has 3 aromatic rings. The van der Waals surface area contributed by atoms with Gasteiger partial charge in [0, 0.05) is 31.0 Å². The van der Waals surface area contributed by atoms with Crippen molar-refractivity contribution < 1.29 is 28.9 Å². The molecule has 1 atom stereocenters. The number of nitrogens with zero attached hydrogens (tertiary/aromatic N) is 2. The van der Waals surface area contributed by atoms with Gasteiger partial charge in [-0.25, -0.2) is 9.59 Å². The Hall–Kier alpha value is -2.92. The lowest BCUT2D eigenvalue weighted by atomic mass is 10.0.